The minimum atomic E-state index is -0.833. The summed E-state index contributed by atoms with van der Waals surface area (Å²) >= 11 is 0. The Bertz CT molecular complexity index is 2030. The van der Waals surface area contributed by atoms with Gasteiger partial charge >= 0.3 is 0 Å². The number of nitrogens with one attached hydrogen (secondary N) is 3. The number of nitrogens with zero attached hydrogens (tertiary/aromatic N) is 4. The Morgan fingerprint density at radius 3 is 2.54 bits per heavy atom. The van der Waals surface area contributed by atoms with Crippen LogP contribution < -0.4 is 20.1 Å². The van der Waals surface area contributed by atoms with E-state index in [2.05, 4.69) is 58.3 Å². The summed E-state index contributed by atoms with van der Waals surface area (Å²) in [4.78, 5) is 15.5. The Morgan fingerprint density at radius 1 is 1.07 bits per heavy atom. The molecule has 0 aliphatic carbocycles. The first kappa shape index (κ1) is 43.9. The van der Waals surface area contributed by atoms with Crippen molar-refractivity contribution in [2.45, 2.75) is 71.3 Å². The third-order valence-electron chi connectivity index (χ3n) is 11.4. The molecule has 6 atom stereocenters. The van der Waals surface area contributed by atoms with Crippen molar-refractivity contribution >= 4 is 5.84 Å². The van der Waals surface area contributed by atoms with Gasteiger partial charge in [-0.15, -0.1) is 0 Å². The normalized spacial score (nSPS) is 22.0. The minimum Gasteiger partial charge on any atom is -0.488 e. The number of amidine groups is 1. The van der Waals surface area contributed by atoms with Crippen molar-refractivity contribution in [3.8, 4) is 33.9 Å². The minimum absolute atomic E-state index is 0. The first-order chi connectivity index (χ1) is 27.8. The number of aromatic nitrogens is 2. The molecule has 4 aromatic rings. The summed E-state index contributed by atoms with van der Waals surface area (Å²) in [6, 6.07) is 17.6. The number of benzene rings is 3. The Balaban J connectivity index is 0.00000205. The molecule has 0 saturated carbocycles. The highest BCUT2D eigenvalue weighted by atomic mass is 16.7. The number of imidazole rings is 1. The van der Waals surface area contributed by atoms with E-state index >= 15 is 0 Å². The quantitative estimate of drug-likeness (QED) is 0.0382. The van der Waals surface area contributed by atoms with E-state index in [4.69, 9.17) is 33.7 Å². The Morgan fingerprint density at radius 2 is 1.81 bits per heavy atom. The molecule has 0 amide bonds. The molecule has 4 aliphatic heterocycles. The summed E-state index contributed by atoms with van der Waals surface area (Å²) in [6.07, 6.45) is 4.22. The number of hydrogen-bond acceptors (Lipinski definition) is 12. The van der Waals surface area contributed by atoms with Crippen LogP contribution in [0.2, 0.25) is 0 Å². The molecule has 324 valence electrons. The predicted molar refractivity (Wildman–Crippen MR) is 231 cm³/mol. The Labute approximate surface area is 350 Å². The number of methoxy groups -OCH3 is 2. The average molecular weight is 820 g/mol. The van der Waals surface area contributed by atoms with Gasteiger partial charge < -0.3 is 49.8 Å². The number of aromatic amines is 1. The van der Waals surface area contributed by atoms with E-state index < -0.39 is 12.3 Å². The maximum atomic E-state index is 11.9. The fourth-order valence-electron chi connectivity index (χ4n) is 8.84. The van der Waals surface area contributed by atoms with Crippen LogP contribution in [-0.4, -0.2) is 101 Å². The molecule has 2 fully saturated rings. The van der Waals surface area contributed by atoms with Crippen LogP contribution in [0.5, 0.6) is 11.5 Å². The van der Waals surface area contributed by atoms with Crippen LogP contribution in [0.15, 0.2) is 78.6 Å². The molecule has 3 aromatic carbocycles. The van der Waals surface area contributed by atoms with Gasteiger partial charge in [0.15, 0.2) is 0 Å². The van der Waals surface area contributed by atoms with Crippen molar-refractivity contribution in [3.05, 3.63) is 102 Å². The molecule has 2 unspecified atom stereocenters. The monoisotopic (exact) mass is 819 g/mol. The summed E-state index contributed by atoms with van der Waals surface area (Å²) < 4.78 is 28.8. The predicted octanol–water partition coefficient (Wildman–Crippen LogP) is 6.05. The van der Waals surface area contributed by atoms with Gasteiger partial charge in [-0.05, 0) is 66.3 Å². The van der Waals surface area contributed by atoms with Gasteiger partial charge in [-0.2, -0.15) is 5.06 Å². The number of hydroxylamine groups is 2. The molecule has 4 aliphatic rings. The molecule has 8 rings (SSSR count). The molecule has 5 heterocycles. The van der Waals surface area contributed by atoms with E-state index in [0.717, 1.165) is 81.3 Å². The molecule has 7 N–H and O–H groups in total. The lowest BCUT2D eigenvalue weighted by molar-refractivity contribution is -0.0888. The fraction of sp³-hybridized carbons (Fsp3) is 0.455. The lowest BCUT2D eigenvalue weighted by Crippen LogP contribution is -2.45. The van der Waals surface area contributed by atoms with E-state index in [0.29, 0.717) is 44.7 Å². The van der Waals surface area contributed by atoms with Gasteiger partial charge in [0.05, 0.1) is 49.9 Å². The van der Waals surface area contributed by atoms with Crippen LogP contribution in [0.1, 0.15) is 71.6 Å². The Kier molecular flexibility index (Phi) is 14.6. The zero-order valence-electron chi connectivity index (χ0n) is 33.3. The molecule has 0 radical (unpaired) electrons. The third kappa shape index (κ3) is 9.23. The summed E-state index contributed by atoms with van der Waals surface area (Å²) in [6.45, 7) is 9.45. The van der Waals surface area contributed by atoms with Crippen LogP contribution in [-0.2, 0) is 34.0 Å². The van der Waals surface area contributed by atoms with Gasteiger partial charge in [0, 0.05) is 59.4 Å². The highest BCUT2D eigenvalue weighted by Gasteiger charge is 2.40. The third-order valence-corrected chi connectivity index (χ3v) is 11.4. The number of ether oxygens (including phenoxy) is 5. The first-order valence-electron chi connectivity index (χ1n) is 19.6. The zero-order valence-corrected chi connectivity index (χ0v) is 33.3. The zero-order chi connectivity index (χ0) is 39.5. The molecule has 15 heteroatoms. The van der Waals surface area contributed by atoms with Crippen LogP contribution in [0.3, 0.4) is 0 Å². The average Bonchev–Trinajstić information content (AvgIpc) is 3.97. The topological polar surface area (TPSA) is 190 Å². The molecular formula is C44H65N7O8. The summed E-state index contributed by atoms with van der Waals surface area (Å²) in [5, 5.41) is 30.4. The van der Waals surface area contributed by atoms with Crippen molar-refractivity contribution < 1.29 is 43.8 Å². The molecule has 1 aromatic heterocycles. The smallest absolute Gasteiger partial charge is 0.148 e. The molecule has 2 saturated heterocycles. The SMILES string of the molecule is C.C=CNC(=NCc1cc2c3c(c1)OCc1cc(-c4cnc([C@@H]5CC(C)CN5C(O)[C@H](NCOCOC)c5ccccc5)[nH]4)cc(c1-3)OC2)[C@@H]1C[C@H](COC)CN1O.O.[HH].[HH].[HH]. The molecular weight excluding hydrogens is 755 g/mol. The van der Waals surface area contributed by atoms with Gasteiger partial charge in [-0.25, -0.2) is 4.98 Å². The highest BCUT2D eigenvalue weighted by molar-refractivity contribution is 5.89. The maximum Gasteiger partial charge on any atom is 0.148 e. The summed E-state index contributed by atoms with van der Waals surface area (Å²) in [7, 11) is 3.26. The van der Waals surface area contributed by atoms with Crippen LogP contribution in [0.4, 0.5) is 0 Å². The second-order valence-electron chi connectivity index (χ2n) is 15.5. The van der Waals surface area contributed by atoms with Gasteiger partial charge in [0.2, 0.25) is 0 Å². The van der Waals surface area contributed by atoms with Crippen molar-refractivity contribution in [2.24, 2.45) is 16.8 Å². The van der Waals surface area contributed by atoms with E-state index in [9.17, 15) is 10.3 Å². The van der Waals surface area contributed by atoms with Gasteiger partial charge in [0.1, 0.15) is 49.4 Å². The number of hydrogen-bond donors (Lipinski definition) is 5. The van der Waals surface area contributed by atoms with Gasteiger partial charge in [-0.3, -0.25) is 15.2 Å². The number of aliphatic hydroxyl groups excluding tert-OH is 1. The lowest BCUT2D eigenvalue weighted by Gasteiger charge is -2.34. The summed E-state index contributed by atoms with van der Waals surface area (Å²) in [5.41, 5.74) is 8.01. The van der Waals surface area contributed by atoms with Crippen molar-refractivity contribution in [1.29, 1.82) is 0 Å². The Hall–Kier alpha value is -4.68. The maximum absolute atomic E-state index is 11.9. The van der Waals surface area contributed by atoms with Crippen molar-refractivity contribution in [1.82, 2.24) is 30.6 Å². The van der Waals surface area contributed by atoms with E-state index in [1.165, 1.54) is 5.06 Å². The lowest BCUT2D eigenvalue weighted by atomic mass is 9.88. The number of aliphatic imine (C=N–C) groups is 1. The van der Waals surface area contributed by atoms with E-state index in [1.54, 1.807) is 20.4 Å². The highest BCUT2D eigenvalue weighted by Crippen LogP contribution is 2.50. The second kappa shape index (κ2) is 19.6. The van der Waals surface area contributed by atoms with E-state index in [-0.39, 0.29) is 48.7 Å². The van der Waals surface area contributed by atoms with Crippen molar-refractivity contribution in [2.75, 3.05) is 47.4 Å². The van der Waals surface area contributed by atoms with E-state index in [1.807, 2.05) is 36.5 Å². The number of likely N-dealkylation sites (tertiary alicyclic amines) is 1. The van der Waals surface area contributed by atoms with Crippen LogP contribution in [0, 0.1) is 11.8 Å². The number of aliphatic hydroxyl groups is 1. The van der Waals surface area contributed by atoms with Gasteiger partial charge in [-0.1, -0.05) is 51.3 Å². The summed E-state index contributed by atoms with van der Waals surface area (Å²) in [5.74, 6) is 3.69. The second-order valence-corrected chi connectivity index (χ2v) is 15.5. The molecule has 0 spiro atoms. The number of rotatable bonds is 16. The van der Waals surface area contributed by atoms with Crippen LogP contribution in [0.25, 0.3) is 22.4 Å². The number of H-pyrrole nitrogens is 1. The molecule has 59 heavy (non-hydrogen) atoms. The standard InChI is InChI=1S/C43H53N7O7.CH4.H2O.3H2/c1-5-44-41(35-13-28(21-53-3)20-50(35)52)45-17-27-12-31-22-57-37-16-30(15-32-23-56-36(14-27)38(31)39(32)37)33-18-46-42(48-33)34-11-26(2)19-49(34)43(51)40(47-24-55-25-54-4)29-9-7-6-8-10-29;;;;;/h5-10,12,14-16,18,26,28,34-35,40,43,47,51-52H,1,11,13,17,19-25H2,2-4H3,(H,44,45)(H,46,48);1H4;1H2;3*1H/t26?,28-,34-,35-,40+,43?;;;;;/m0...../s1. The first-order valence-corrected chi connectivity index (χ1v) is 19.6. The molecule has 0 bridgehead atoms. The van der Waals surface area contributed by atoms with Gasteiger partial charge in [0.25, 0.3) is 0 Å². The largest absolute Gasteiger partial charge is 0.488 e. The molecule has 15 nitrogen and oxygen atoms in total. The van der Waals surface area contributed by atoms with Crippen LogP contribution >= 0.6 is 0 Å². The van der Waals surface area contributed by atoms with Crippen molar-refractivity contribution in [3.63, 3.8) is 0 Å². The fourth-order valence-corrected chi connectivity index (χ4v) is 8.84.